The minimum Gasteiger partial charge on any atom is -0.241 e. The number of para-hydroxylation sites is 1. The molecule has 1 aromatic heterocycles. The number of alkyl halides is 1. The average Bonchev–Trinajstić information content (AvgIpc) is 2.88. The number of aromatic nitrogens is 1. The molecule has 0 saturated heterocycles. The lowest BCUT2D eigenvalue weighted by atomic mass is 9.98. The summed E-state index contributed by atoms with van der Waals surface area (Å²) < 4.78 is 1.25. The van der Waals surface area contributed by atoms with Crippen molar-refractivity contribution in [3.8, 4) is 0 Å². The number of benzene rings is 2. The largest absolute Gasteiger partial charge is 0.241 e. The van der Waals surface area contributed by atoms with Crippen molar-refractivity contribution in [2.24, 2.45) is 0 Å². The quantitative estimate of drug-likeness (QED) is 0.542. The van der Waals surface area contributed by atoms with E-state index in [1.54, 1.807) is 11.3 Å². The third-order valence-electron chi connectivity index (χ3n) is 3.29. The molecular formula is C16H13BrClNS. The number of rotatable bonds is 4. The van der Waals surface area contributed by atoms with Gasteiger partial charge in [-0.15, -0.1) is 11.3 Å². The summed E-state index contributed by atoms with van der Waals surface area (Å²) in [5.41, 5.74) is 2.27. The summed E-state index contributed by atoms with van der Waals surface area (Å²) in [4.78, 5) is 4.71. The van der Waals surface area contributed by atoms with E-state index in [0.717, 1.165) is 27.3 Å². The van der Waals surface area contributed by atoms with Gasteiger partial charge in [0, 0.05) is 22.7 Å². The fourth-order valence-electron chi connectivity index (χ4n) is 2.27. The van der Waals surface area contributed by atoms with Gasteiger partial charge in [0.05, 0.1) is 15.2 Å². The molecule has 1 unspecified atom stereocenters. The molecule has 0 radical (unpaired) electrons. The maximum Gasteiger partial charge on any atom is 0.0945 e. The second kappa shape index (κ2) is 6.25. The molecule has 102 valence electrons. The molecule has 0 amide bonds. The molecule has 1 atom stereocenters. The first-order valence-corrected chi connectivity index (χ1v) is 8.74. The van der Waals surface area contributed by atoms with E-state index in [9.17, 15) is 0 Å². The maximum atomic E-state index is 6.30. The number of fused-ring (bicyclic) bond motifs is 1. The van der Waals surface area contributed by atoms with Gasteiger partial charge < -0.3 is 0 Å². The van der Waals surface area contributed by atoms with Gasteiger partial charge in [0.25, 0.3) is 0 Å². The average molecular weight is 367 g/mol. The summed E-state index contributed by atoms with van der Waals surface area (Å²) in [7, 11) is 0. The Morgan fingerprint density at radius 3 is 2.60 bits per heavy atom. The standard InChI is InChI=1S/C16H13BrClNS/c17-10-11(12-5-1-2-6-13(12)18)9-16-19-14-7-3-4-8-15(14)20-16/h1-8,11H,9-10H2. The predicted molar refractivity (Wildman–Crippen MR) is 91.3 cm³/mol. The Bertz CT molecular complexity index is 692. The van der Waals surface area contributed by atoms with Gasteiger partial charge in [0.1, 0.15) is 0 Å². The van der Waals surface area contributed by atoms with E-state index in [1.165, 1.54) is 10.3 Å². The summed E-state index contributed by atoms with van der Waals surface area (Å²) in [5.74, 6) is 0.351. The van der Waals surface area contributed by atoms with Crippen molar-refractivity contribution in [2.45, 2.75) is 12.3 Å². The molecule has 0 saturated carbocycles. The first-order chi connectivity index (χ1) is 9.78. The molecule has 1 heterocycles. The van der Waals surface area contributed by atoms with Crippen LogP contribution >= 0.6 is 38.9 Å². The van der Waals surface area contributed by atoms with Crippen LogP contribution in [0, 0.1) is 0 Å². The summed E-state index contributed by atoms with van der Waals surface area (Å²) in [6.45, 7) is 0. The molecule has 0 bridgehead atoms. The lowest BCUT2D eigenvalue weighted by Gasteiger charge is -2.14. The van der Waals surface area contributed by atoms with Crippen LogP contribution in [0.2, 0.25) is 5.02 Å². The highest BCUT2D eigenvalue weighted by atomic mass is 79.9. The molecule has 0 aliphatic carbocycles. The highest BCUT2D eigenvalue weighted by Gasteiger charge is 2.16. The van der Waals surface area contributed by atoms with Crippen molar-refractivity contribution in [3.63, 3.8) is 0 Å². The number of nitrogens with zero attached hydrogens (tertiary/aromatic N) is 1. The normalized spacial score (nSPS) is 12.7. The summed E-state index contributed by atoms with van der Waals surface area (Å²) in [5, 5.41) is 2.88. The number of hydrogen-bond donors (Lipinski definition) is 0. The van der Waals surface area contributed by atoms with Crippen LogP contribution in [0.15, 0.2) is 48.5 Å². The van der Waals surface area contributed by atoms with Crippen LogP contribution in [-0.2, 0) is 6.42 Å². The van der Waals surface area contributed by atoms with Crippen molar-refractivity contribution in [1.82, 2.24) is 4.98 Å². The molecule has 0 fully saturated rings. The second-order valence-electron chi connectivity index (χ2n) is 4.65. The van der Waals surface area contributed by atoms with Crippen LogP contribution in [-0.4, -0.2) is 10.3 Å². The van der Waals surface area contributed by atoms with Gasteiger partial charge in [0.2, 0.25) is 0 Å². The first-order valence-electron chi connectivity index (χ1n) is 6.43. The fraction of sp³-hybridized carbons (Fsp3) is 0.188. The van der Waals surface area contributed by atoms with Crippen LogP contribution in [0.25, 0.3) is 10.2 Å². The van der Waals surface area contributed by atoms with E-state index in [0.29, 0.717) is 5.92 Å². The third kappa shape index (κ3) is 2.90. The van der Waals surface area contributed by atoms with E-state index in [-0.39, 0.29) is 0 Å². The minimum atomic E-state index is 0.351. The Labute approximate surface area is 135 Å². The van der Waals surface area contributed by atoms with Crippen LogP contribution in [0.3, 0.4) is 0 Å². The maximum absolute atomic E-state index is 6.30. The van der Waals surface area contributed by atoms with E-state index in [4.69, 9.17) is 16.6 Å². The van der Waals surface area contributed by atoms with Crippen molar-refractivity contribution in [2.75, 3.05) is 5.33 Å². The highest BCUT2D eigenvalue weighted by Crippen LogP contribution is 2.31. The van der Waals surface area contributed by atoms with Gasteiger partial charge in [-0.05, 0) is 23.8 Å². The van der Waals surface area contributed by atoms with Gasteiger partial charge in [-0.25, -0.2) is 4.98 Å². The highest BCUT2D eigenvalue weighted by molar-refractivity contribution is 9.09. The Morgan fingerprint density at radius 1 is 1.10 bits per heavy atom. The van der Waals surface area contributed by atoms with Crippen molar-refractivity contribution >= 4 is 49.1 Å². The second-order valence-corrected chi connectivity index (χ2v) is 6.82. The monoisotopic (exact) mass is 365 g/mol. The third-order valence-corrected chi connectivity index (χ3v) is 5.48. The summed E-state index contributed by atoms with van der Waals surface area (Å²) in [6.07, 6.45) is 0.911. The smallest absolute Gasteiger partial charge is 0.0945 e. The fourth-order valence-corrected chi connectivity index (χ4v) is 4.19. The van der Waals surface area contributed by atoms with Crippen LogP contribution < -0.4 is 0 Å². The molecule has 0 aliphatic heterocycles. The molecule has 3 aromatic rings. The van der Waals surface area contributed by atoms with Crippen molar-refractivity contribution in [3.05, 3.63) is 64.1 Å². The summed E-state index contributed by atoms with van der Waals surface area (Å²) in [6, 6.07) is 16.3. The lowest BCUT2D eigenvalue weighted by Crippen LogP contribution is -2.04. The Hall–Kier alpha value is -0.900. The first kappa shape index (κ1) is 14.1. The number of hydrogen-bond acceptors (Lipinski definition) is 2. The van der Waals surface area contributed by atoms with Gasteiger partial charge >= 0.3 is 0 Å². The van der Waals surface area contributed by atoms with E-state index in [1.807, 2.05) is 24.3 Å². The van der Waals surface area contributed by atoms with E-state index < -0.39 is 0 Å². The lowest BCUT2D eigenvalue weighted by molar-refractivity contribution is 0.772. The van der Waals surface area contributed by atoms with Gasteiger partial charge in [0.15, 0.2) is 0 Å². The van der Waals surface area contributed by atoms with Gasteiger partial charge in [-0.2, -0.15) is 0 Å². The van der Waals surface area contributed by atoms with Crippen molar-refractivity contribution < 1.29 is 0 Å². The van der Waals surface area contributed by atoms with Gasteiger partial charge in [-0.1, -0.05) is 57.9 Å². The SMILES string of the molecule is Clc1ccccc1C(CBr)Cc1nc2ccccc2s1. The molecule has 2 aromatic carbocycles. The molecular weight excluding hydrogens is 354 g/mol. The number of halogens is 2. The summed E-state index contributed by atoms with van der Waals surface area (Å²) >= 11 is 11.7. The molecule has 4 heteroatoms. The minimum absolute atomic E-state index is 0.351. The van der Waals surface area contributed by atoms with Crippen LogP contribution in [0.1, 0.15) is 16.5 Å². The molecule has 0 N–H and O–H groups in total. The number of thiazole rings is 1. The molecule has 0 spiro atoms. The zero-order chi connectivity index (χ0) is 13.9. The molecule has 3 rings (SSSR count). The Balaban J connectivity index is 1.90. The Morgan fingerprint density at radius 2 is 1.85 bits per heavy atom. The zero-order valence-electron chi connectivity index (χ0n) is 10.7. The molecule has 0 aliphatic rings. The van der Waals surface area contributed by atoms with E-state index in [2.05, 4.69) is 40.2 Å². The van der Waals surface area contributed by atoms with Crippen LogP contribution in [0.4, 0.5) is 0 Å². The zero-order valence-corrected chi connectivity index (χ0v) is 13.9. The topological polar surface area (TPSA) is 12.9 Å². The predicted octanol–water partition coefficient (Wildman–Crippen LogP) is 5.67. The molecule has 20 heavy (non-hydrogen) atoms. The Kier molecular flexibility index (Phi) is 4.39. The van der Waals surface area contributed by atoms with E-state index >= 15 is 0 Å². The van der Waals surface area contributed by atoms with Gasteiger partial charge in [-0.3, -0.25) is 0 Å². The van der Waals surface area contributed by atoms with Crippen molar-refractivity contribution in [1.29, 1.82) is 0 Å². The molecule has 1 nitrogen and oxygen atoms in total. The van der Waals surface area contributed by atoms with Crippen LogP contribution in [0.5, 0.6) is 0 Å².